The Labute approximate surface area is 91.0 Å². The zero-order valence-corrected chi connectivity index (χ0v) is 9.65. The first-order chi connectivity index (χ1) is 7.11. The van der Waals surface area contributed by atoms with E-state index in [2.05, 4.69) is 10.6 Å². The predicted octanol–water partition coefficient (Wildman–Crippen LogP) is 2.02. The zero-order valence-electron chi connectivity index (χ0n) is 9.65. The van der Waals surface area contributed by atoms with Crippen molar-refractivity contribution in [3.63, 3.8) is 0 Å². The normalized spacial score (nSPS) is 10.1. The van der Waals surface area contributed by atoms with Crippen molar-refractivity contribution in [2.24, 2.45) is 0 Å². The molecule has 1 aromatic rings. The van der Waals surface area contributed by atoms with Gasteiger partial charge in [-0.25, -0.2) is 0 Å². The van der Waals surface area contributed by atoms with Gasteiger partial charge in [0, 0.05) is 13.1 Å². The molecule has 0 bridgehead atoms. The number of nitrogens with one attached hydrogen (secondary N) is 2. The van der Waals surface area contributed by atoms with Crippen LogP contribution in [0, 0.1) is 6.92 Å². The molecule has 0 unspecified atom stereocenters. The number of nitrogens with two attached hydrogens (primary N) is 2. The summed E-state index contributed by atoms with van der Waals surface area (Å²) in [4.78, 5) is 0. The van der Waals surface area contributed by atoms with Gasteiger partial charge in [0.25, 0.3) is 0 Å². The molecule has 0 saturated carbocycles. The molecule has 0 amide bonds. The maximum absolute atomic E-state index is 5.96. The van der Waals surface area contributed by atoms with E-state index in [0.29, 0.717) is 0 Å². The van der Waals surface area contributed by atoms with Crippen molar-refractivity contribution in [3.05, 3.63) is 11.6 Å². The van der Waals surface area contributed by atoms with E-state index < -0.39 is 0 Å². The lowest BCUT2D eigenvalue weighted by Gasteiger charge is -2.16. The molecule has 4 heteroatoms. The fourth-order valence-corrected chi connectivity index (χ4v) is 1.52. The molecule has 4 nitrogen and oxygen atoms in total. The molecule has 1 rings (SSSR count). The Hall–Kier alpha value is -1.58. The second-order valence-corrected chi connectivity index (χ2v) is 3.48. The van der Waals surface area contributed by atoms with Gasteiger partial charge in [0.2, 0.25) is 0 Å². The van der Waals surface area contributed by atoms with Crippen LogP contribution in [-0.2, 0) is 0 Å². The Balaban J connectivity index is 3.19. The monoisotopic (exact) mass is 208 g/mol. The van der Waals surface area contributed by atoms with E-state index in [1.807, 2.05) is 26.8 Å². The van der Waals surface area contributed by atoms with E-state index in [0.717, 1.165) is 41.4 Å². The summed E-state index contributed by atoms with van der Waals surface area (Å²) in [5.74, 6) is 0. The number of rotatable bonds is 4. The summed E-state index contributed by atoms with van der Waals surface area (Å²) in [6.45, 7) is 7.71. The van der Waals surface area contributed by atoms with Gasteiger partial charge in [-0.05, 0) is 32.4 Å². The highest BCUT2D eigenvalue weighted by Crippen LogP contribution is 2.34. The molecular formula is C11H20N4. The zero-order chi connectivity index (χ0) is 11.4. The van der Waals surface area contributed by atoms with Gasteiger partial charge in [-0.1, -0.05) is 0 Å². The van der Waals surface area contributed by atoms with Crippen LogP contribution < -0.4 is 22.1 Å². The minimum Gasteiger partial charge on any atom is -0.397 e. The molecule has 0 aliphatic carbocycles. The fourth-order valence-electron chi connectivity index (χ4n) is 1.52. The number of benzene rings is 1. The molecule has 0 saturated heterocycles. The molecule has 0 atom stereocenters. The van der Waals surface area contributed by atoms with Gasteiger partial charge in [0.05, 0.1) is 22.7 Å². The van der Waals surface area contributed by atoms with Crippen LogP contribution in [0.4, 0.5) is 22.7 Å². The lowest BCUT2D eigenvalue weighted by Crippen LogP contribution is -2.08. The van der Waals surface area contributed by atoms with Crippen LogP contribution in [0.25, 0.3) is 0 Å². The first kappa shape index (κ1) is 11.5. The van der Waals surface area contributed by atoms with Gasteiger partial charge < -0.3 is 22.1 Å². The lowest BCUT2D eigenvalue weighted by atomic mass is 10.1. The third kappa shape index (κ3) is 2.26. The number of hydrogen-bond donors (Lipinski definition) is 4. The van der Waals surface area contributed by atoms with Gasteiger partial charge in [-0.3, -0.25) is 0 Å². The van der Waals surface area contributed by atoms with Crippen LogP contribution >= 0.6 is 0 Å². The highest BCUT2D eigenvalue weighted by molar-refractivity contribution is 5.85. The molecule has 0 aliphatic rings. The van der Waals surface area contributed by atoms with E-state index in [1.54, 1.807) is 0 Å². The van der Waals surface area contributed by atoms with Gasteiger partial charge in [0.1, 0.15) is 0 Å². The van der Waals surface area contributed by atoms with Gasteiger partial charge in [0.15, 0.2) is 0 Å². The second-order valence-electron chi connectivity index (χ2n) is 3.48. The molecule has 0 spiro atoms. The van der Waals surface area contributed by atoms with Crippen LogP contribution in [0.3, 0.4) is 0 Å². The highest BCUT2D eigenvalue weighted by Gasteiger charge is 2.09. The Morgan fingerprint density at radius 3 is 1.73 bits per heavy atom. The van der Waals surface area contributed by atoms with Crippen molar-refractivity contribution < 1.29 is 0 Å². The van der Waals surface area contributed by atoms with Crippen LogP contribution in [0.5, 0.6) is 0 Å². The molecule has 0 aromatic heterocycles. The number of anilines is 4. The molecule has 0 fully saturated rings. The van der Waals surface area contributed by atoms with Crippen molar-refractivity contribution in [3.8, 4) is 0 Å². The van der Waals surface area contributed by atoms with E-state index in [1.165, 1.54) is 0 Å². The average Bonchev–Trinajstić information content (AvgIpc) is 2.22. The molecule has 0 heterocycles. The molecule has 0 aliphatic heterocycles. The van der Waals surface area contributed by atoms with Crippen molar-refractivity contribution in [1.82, 2.24) is 0 Å². The largest absolute Gasteiger partial charge is 0.397 e. The van der Waals surface area contributed by atoms with Crippen LogP contribution in [0.1, 0.15) is 19.4 Å². The summed E-state index contributed by atoms with van der Waals surface area (Å²) in [7, 11) is 0. The maximum atomic E-state index is 5.96. The minimum absolute atomic E-state index is 0.732. The third-order valence-electron chi connectivity index (χ3n) is 2.41. The third-order valence-corrected chi connectivity index (χ3v) is 2.41. The predicted molar refractivity (Wildman–Crippen MR) is 68.3 cm³/mol. The molecule has 6 N–H and O–H groups in total. The van der Waals surface area contributed by atoms with E-state index >= 15 is 0 Å². The first-order valence-corrected chi connectivity index (χ1v) is 5.28. The van der Waals surface area contributed by atoms with Crippen LogP contribution in [-0.4, -0.2) is 13.1 Å². The van der Waals surface area contributed by atoms with Gasteiger partial charge in [-0.15, -0.1) is 0 Å². The fraction of sp³-hybridized carbons (Fsp3) is 0.455. The summed E-state index contributed by atoms with van der Waals surface area (Å²) in [6.07, 6.45) is 0. The quantitative estimate of drug-likeness (QED) is 0.571. The first-order valence-electron chi connectivity index (χ1n) is 5.28. The van der Waals surface area contributed by atoms with E-state index in [9.17, 15) is 0 Å². The Morgan fingerprint density at radius 2 is 1.40 bits per heavy atom. The second kappa shape index (κ2) is 4.77. The maximum Gasteiger partial charge on any atom is 0.0601 e. The average molecular weight is 208 g/mol. The Morgan fingerprint density at radius 1 is 1.00 bits per heavy atom. The van der Waals surface area contributed by atoms with Crippen molar-refractivity contribution in [2.45, 2.75) is 20.8 Å². The molecule has 84 valence electrons. The number of nitrogen functional groups attached to an aromatic ring is 2. The van der Waals surface area contributed by atoms with Crippen molar-refractivity contribution in [1.29, 1.82) is 0 Å². The van der Waals surface area contributed by atoms with Gasteiger partial charge >= 0.3 is 0 Å². The molecular weight excluding hydrogens is 188 g/mol. The molecule has 15 heavy (non-hydrogen) atoms. The molecule has 0 radical (unpaired) electrons. The summed E-state index contributed by atoms with van der Waals surface area (Å²) < 4.78 is 0. The minimum atomic E-state index is 0.732. The summed E-state index contributed by atoms with van der Waals surface area (Å²) in [5.41, 5.74) is 16.2. The standard InChI is InChI=1S/C11H20N4/c1-4-14-8-6-9(15-5-2)11(13)7(3)10(8)12/h6,14-15H,4-5,12-13H2,1-3H3. The summed E-state index contributed by atoms with van der Waals surface area (Å²) in [6, 6.07) is 1.96. The number of hydrogen-bond acceptors (Lipinski definition) is 4. The lowest BCUT2D eigenvalue weighted by molar-refractivity contribution is 1.19. The van der Waals surface area contributed by atoms with E-state index in [4.69, 9.17) is 11.5 Å². The SMILES string of the molecule is CCNc1cc(NCC)c(N)c(C)c1N. The van der Waals surface area contributed by atoms with Crippen LogP contribution in [0.2, 0.25) is 0 Å². The van der Waals surface area contributed by atoms with Crippen LogP contribution in [0.15, 0.2) is 6.07 Å². The van der Waals surface area contributed by atoms with Gasteiger partial charge in [-0.2, -0.15) is 0 Å². The van der Waals surface area contributed by atoms with Crippen molar-refractivity contribution >= 4 is 22.7 Å². The highest BCUT2D eigenvalue weighted by atomic mass is 14.9. The molecule has 1 aromatic carbocycles. The summed E-state index contributed by atoms with van der Waals surface area (Å²) in [5, 5.41) is 6.44. The van der Waals surface area contributed by atoms with E-state index in [-0.39, 0.29) is 0 Å². The topological polar surface area (TPSA) is 76.1 Å². The Bertz CT molecular complexity index is 317. The van der Waals surface area contributed by atoms with Crippen molar-refractivity contribution in [2.75, 3.05) is 35.2 Å². The Kier molecular flexibility index (Phi) is 3.66. The smallest absolute Gasteiger partial charge is 0.0601 e. The summed E-state index contributed by atoms with van der Waals surface area (Å²) >= 11 is 0.